The molecule has 0 aliphatic carbocycles. The van der Waals surface area contributed by atoms with Crippen LogP contribution in [0.25, 0.3) is 5.65 Å². The summed E-state index contributed by atoms with van der Waals surface area (Å²) >= 11 is 0. The van der Waals surface area contributed by atoms with Gasteiger partial charge in [-0.05, 0) is 6.07 Å². The molecule has 3 rings (SSSR count). The van der Waals surface area contributed by atoms with E-state index < -0.39 is 0 Å². The van der Waals surface area contributed by atoms with Crippen molar-refractivity contribution >= 4 is 17.5 Å². The number of fused-ring (bicyclic) bond motifs is 1. The van der Waals surface area contributed by atoms with Crippen LogP contribution in [0.15, 0.2) is 24.5 Å². The molecule has 0 spiro atoms. The van der Waals surface area contributed by atoms with E-state index in [0.29, 0.717) is 0 Å². The fraction of sp³-hybridized carbons (Fsp3) is 0.462. The summed E-state index contributed by atoms with van der Waals surface area (Å²) in [5, 5.41) is 4.30. The van der Waals surface area contributed by atoms with E-state index in [1.807, 2.05) is 21.5 Å². The van der Waals surface area contributed by atoms with Crippen LogP contribution in [0.5, 0.6) is 0 Å². The average molecular weight is 274 g/mol. The predicted molar refractivity (Wildman–Crippen MR) is 75.9 cm³/mol. The highest BCUT2D eigenvalue weighted by atomic mass is 16.2. The van der Waals surface area contributed by atoms with Gasteiger partial charge in [0.25, 0.3) is 0 Å². The van der Waals surface area contributed by atoms with Gasteiger partial charge in [-0.1, -0.05) is 0 Å². The lowest BCUT2D eigenvalue weighted by molar-refractivity contribution is 0.168. The molecular formula is C13H18N6O. The average Bonchev–Trinajstić information content (AvgIpc) is 2.95. The molecule has 0 unspecified atom stereocenters. The Morgan fingerprint density at radius 1 is 1.15 bits per heavy atom. The molecule has 20 heavy (non-hydrogen) atoms. The highest BCUT2D eigenvalue weighted by Crippen LogP contribution is 2.17. The van der Waals surface area contributed by atoms with Crippen LogP contribution in [0.4, 0.5) is 10.6 Å². The Hall–Kier alpha value is -2.31. The standard InChI is InChI=1S/C13H18N6O/c1-16(2)13(20)18-9-7-17(8-10-18)12-4-5-14-11-3-6-15-19(11)12/h3-6H,7-10H2,1-2H3. The van der Waals surface area contributed by atoms with Crippen LogP contribution in [0.2, 0.25) is 0 Å². The lowest BCUT2D eigenvalue weighted by Gasteiger charge is -2.36. The normalized spacial score (nSPS) is 15.7. The Morgan fingerprint density at radius 3 is 2.60 bits per heavy atom. The van der Waals surface area contributed by atoms with Crippen LogP contribution in [0, 0.1) is 0 Å². The fourth-order valence-electron chi connectivity index (χ4n) is 2.47. The van der Waals surface area contributed by atoms with Gasteiger partial charge in [-0.2, -0.15) is 9.61 Å². The lowest BCUT2D eigenvalue weighted by Crippen LogP contribution is -2.51. The van der Waals surface area contributed by atoms with Gasteiger partial charge in [0.05, 0.1) is 6.20 Å². The summed E-state index contributed by atoms with van der Waals surface area (Å²) in [5.74, 6) is 1.02. The Kier molecular flexibility index (Phi) is 3.17. The van der Waals surface area contributed by atoms with E-state index in [-0.39, 0.29) is 6.03 Å². The smallest absolute Gasteiger partial charge is 0.319 e. The van der Waals surface area contributed by atoms with Crippen molar-refractivity contribution in [3.05, 3.63) is 24.5 Å². The van der Waals surface area contributed by atoms with Gasteiger partial charge in [-0.15, -0.1) is 0 Å². The molecule has 0 radical (unpaired) electrons. The molecule has 2 aromatic heterocycles. The van der Waals surface area contributed by atoms with E-state index in [4.69, 9.17) is 0 Å². The summed E-state index contributed by atoms with van der Waals surface area (Å²) in [5.41, 5.74) is 0.842. The van der Waals surface area contributed by atoms with Crippen molar-refractivity contribution in [2.24, 2.45) is 0 Å². The SMILES string of the molecule is CN(C)C(=O)N1CCN(c2ccnc3ccnn23)CC1. The third-order valence-electron chi connectivity index (χ3n) is 3.53. The minimum absolute atomic E-state index is 0.0728. The van der Waals surface area contributed by atoms with E-state index >= 15 is 0 Å². The van der Waals surface area contributed by atoms with E-state index in [9.17, 15) is 4.79 Å². The largest absolute Gasteiger partial charge is 0.353 e. The maximum Gasteiger partial charge on any atom is 0.319 e. The van der Waals surface area contributed by atoms with Crippen molar-refractivity contribution < 1.29 is 4.79 Å². The summed E-state index contributed by atoms with van der Waals surface area (Å²) < 4.78 is 1.84. The van der Waals surface area contributed by atoms with E-state index in [1.165, 1.54) is 0 Å². The van der Waals surface area contributed by atoms with Crippen LogP contribution >= 0.6 is 0 Å². The molecule has 3 heterocycles. The van der Waals surface area contributed by atoms with Crippen molar-refractivity contribution in [1.29, 1.82) is 0 Å². The zero-order valence-corrected chi connectivity index (χ0v) is 11.7. The molecule has 0 atom stereocenters. The highest BCUT2D eigenvalue weighted by Gasteiger charge is 2.23. The summed E-state index contributed by atoms with van der Waals surface area (Å²) in [6.45, 7) is 3.06. The van der Waals surface area contributed by atoms with E-state index in [1.54, 1.807) is 31.4 Å². The molecule has 106 valence electrons. The number of rotatable bonds is 1. The summed E-state index contributed by atoms with van der Waals surface area (Å²) in [6.07, 6.45) is 3.54. The maximum atomic E-state index is 11.9. The summed E-state index contributed by atoms with van der Waals surface area (Å²) in [7, 11) is 3.57. The minimum Gasteiger partial charge on any atom is -0.353 e. The highest BCUT2D eigenvalue weighted by molar-refractivity contribution is 5.74. The molecule has 0 N–H and O–H groups in total. The first-order valence-electron chi connectivity index (χ1n) is 6.67. The second kappa shape index (κ2) is 4.99. The lowest BCUT2D eigenvalue weighted by atomic mass is 10.3. The molecule has 2 amide bonds. The van der Waals surface area contributed by atoms with Gasteiger partial charge in [-0.25, -0.2) is 9.78 Å². The number of aromatic nitrogens is 3. The third kappa shape index (κ3) is 2.15. The number of urea groups is 1. The third-order valence-corrected chi connectivity index (χ3v) is 3.53. The molecular weight excluding hydrogens is 256 g/mol. The molecule has 1 aliphatic heterocycles. The molecule has 0 bridgehead atoms. The molecule has 1 saturated heterocycles. The number of hydrogen-bond acceptors (Lipinski definition) is 4. The number of hydrogen-bond donors (Lipinski definition) is 0. The quantitative estimate of drug-likeness (QED) is 0.761. The Labute approximate surface area is 117 Å². The van der Waals surface area contributed by atoms with Crippen LogP contribution in [0.1, 0.15) is 0 Å². The van der Waals surface area contributed by atoms with Gasteiger partial charge in [-0.3, -0.25) is 0 Å². The first-order chi connectivity index (χ1) is 9.66. The van der Waals surface area contributed by atoms with Crippen molar-refractivity contribution in [3.8, 4) is 0 Å². The van der Waals surface area contributed by atoms with E-state index in [2.05, 4.69) is 15.0 Å². The second-order valence-corrected chi connectivity index (χ2v) is 5.06. The second-order valence-electron chi connectivity index (χ2n) is 5.06. The molecule has 7 heteroatoms. The van der Waals surface area contributed by atoms with Gasteiger partial charge < -0.3 is 14.7 Å². The molecule has 1 aliphatic rings. The molecule has 2 aromatic rings. The Balaban J connectivity index is 1.75. The topological polar surface area (TPSA) is 57.0 Å². The molecule has 1 fully saturated rings. The van der Waals surface area contributed by atoms with Crippen LogP contribution in [-0.2, 0) is 0 Å². The first kappa shape index (κ1) is 12.7. The van der Waals surface area contributed by atoms with Gasteiger partial charge in [0.1, 0.15) is 5.82 Å². The number of piperazine rings is 1. The van der Waals surface area contributed by atoms with Crippen molar-refractivity contribution in [3.63, 3.8) is 0 Å². The minimum atomic E-state index is 0.0728. The monoisotopic (exact) mass is 274 g/mol. The number of anilines is 1. The number of nitrogens with zero attached hydrogens (tertiary/aromatic N) is 6. The van der Waals surface area contributed by atoms with Gasteiger partial charge in [0.15, 0.2) is 5.65 Å². The molecule has 7 nitrogen and oxygen atoms in total. The van der Waals surface area contributed by atoms with Crippen molar-refractivity contribution in [1.82, 2.24) is 24.4 Å². The fourth-order valence-corrected chi connectivity index (χ4v) is 2.47. The van der Waals surface area contributed by atoms with Crippen molar-refractivity contribution in [2.75, 3.05) is 45.2 Å². The van der Waals surface area contributed by atoms with Gasteiger partial charge >= 0.3 is 6.03 Å². The van der Waals surface area contributed by atoms with E-state index in [0.717, 1.165) is 37.6 Å². The maximum absolute atomic E-state index is 11.9. The number of carbonyl (C=O) groups is 1. The first-order valence-corrected chi connectivity index (χ1v) is 6.67. The summed E-state index contributed by atoms with van der Waals surface area (Å²) in [6, 6.07) is 3.92. The van der Waals surface area contributed by atoms with Gasteiger partial charge in [0.2, 0.25) is 0 Å². The van der Waals surface area contributed by atoms with Crippen molar-refractivity contribution in [2.45, 2.75) is 0 Å². The molecule has 0 aromatic carbocycles. The summed E-state index contributed by atoms with van der Waals surface area (Å²) in [4.78, 5) is 21.9. The van der Waals surface area contributed by atoms with Gasteiger partial charge in [0, 0.05) is 52.5 Å². The Morgan fingerprint density at radius 2 is 1.90 bits per heavy atom. The van der Waals surface area contributed by atoms with Crippen LogP contribution < -0.4 is 4.90 Å². The number of carbonyl (C=O) groups excluding carboxylic acids is 1. The van der Waals surface area contributed by atoms with Crippen LogP contribution in [-0.4, -0.2) is 70.7 Å². The zero-order chi connectivity index (χ0) is 14.1. The predicted octanol–water partition coefficient (Wildman–Crippen LogP) is 0.533. The number of amides is 2. The Bertz CT molecular complexity index is 614. The molecule has 0 saturated carbocycles. The van der Waals surface area contributed by atoms with Crippen LogP contribution in [0.3, 0.4) is 0 Å². The zero-order valence-electron chi connectivity index (χ0n) is 11.7.